The Balaban J connectivity index is 1.98. The number of nitrogens with two attached hydrogens (primary N) is 2. The van der Waals surface area contributed by atoms with Crippen LogP contribution >= 0.6 is 0 Å². The van der Waals surface area contributed by atoms with Crippen LogP contribution < -0.4 is 27.2 Å². The number of amides is 2. The molecule has 178 valence electrons. The third-order valence-corrected chi connectivity index (χ3v) is 5.50. The number of carbonyl (C=O) groups excluding carboxylic acids is 2. The maximum absolute atomic E-state index is 12.8. The first kappa shape index (κ1) is 24.0. The average molecular weight is 458 g/mol. The third-order valence-electron chi connectivity index (χ3n) is 5.50. The molecule has 2 aromatic rings. The largest absolute Gasteiger partial charge is 0.445 e. The predicted molar refractivity (Wildman–Crippen MR) is 125 cm³/mol. The van der Waals surface area contributed by atoms with Gasteiger partial charge < -0.3 is 31.0 Å². The zero-order chi connectivity index (χ0) is 24.3. The molecular formula is C22H31N7O4. The Morgan fingerprint density at radius 2 is 1.97 bits per heavy atom. The van der Waals surface area contributed by atoms with Crippen LogP contribution in [0.1, 0.15) is 68.4 Å². The molecule has 2 aromatic heterocycles. The van der Waals surface area contributed by atoms with Gasteiger partial charge in [-0.15, -0.1) is 0 Å². The number of piperidine rings is 1. The topological polar surface area (TPSA) is 158 Å². The van der Waals surface area contributed by atoms with E-state index in [1.54, 1.807) is 16.8 Å². The number of rotatable bonds is 7. The van der Waals surface area contributed by atoms with Crippen molar-refractivity contribution in [2.45, 2.75) is 58.6 Å². The van der Waals surface area contributed by atoms with Crippen molar-refractivity contribution in [3.05, 3.63) is 39.9 Å². The fourth-order valence-corrected chi connectivity index (χ4v) is 3.81. The van der Waals surface area contributed by atoms with Gasteiger partial charge in [-0.1, -0.05) is 13.8 Å². The van der Waals surface area contributed by atoms with E-state index in [0.29, 0.717) is 36.7 Å². The second-order valence-electron chi connectivity index (χ2n) is 8.71. The molecule has 2 amide bonds. The third kappa shape index (κ3) is 5.60. The van der Waals surface area contributed by atoms with Crippen molar-refractivity contribution in [3.63, 3.8) is 0 Å². The molecule has 1 saturated heterocycles. The number of carbonyl (C=O) groups is 2. The summed E-state index contributed by atoms with van der Waals surface area (Å²) in [5.41, 5.74) is 12.0. The molecule has 0 aromatic carbocycles. The highest BCUT2D eigenvalue weighted by Gasteiger charge is 2.25. The summed E-state index contributed by atoms with van der Waals surface area (Å²) in [6.45, 7) is 8.78. The van der Waals surface area contributed by atoms with Crippen molar-refractivity contribution in [3.8, 4) is 0 Å². The molecule has 11 heteroatoms. The lowest BCUT2D eigenvalue weighted by Crippen LogP contribution is -2.42. The van der Waals surface area contributed by atoms with E-state index in [2.05, 4.69) is 15.3 Å². The SMILES string of the molecule is CC(C)c1cc(Nc2nc(N3CCCC(OC(N)=O)C3)ncc2C(N)=O)cn(C(C)C)c1=O. The van der Waals surface area contributed by atoms with Crippen LogP contribution in [0.5, 0.6) is 0 Å². The molecule has 1 aliphatic heterocycles. The maximum atomic E-state index is 12.8. The van der Waals surface area contributed by atoms with Gasteiger partial charge in [-0.05, 0) is 38.7 Å². The molecule has 0 saturated carbocycles. The quantitative estimate of drug-likeness (QED) is 0.571. The summed E-state index contributed by atoms with van der Waals surface area (Å²) >= 11 is 0. The first-order valence-electron chi connectivity index (χ1n) is 11.0. The first-order chi connectivity index (χ1) is 15.6. The predicted octanol–water partition coefficient (Wildman–Crippen LogP) is 2.25. The number of pyridine rings is 1. The summed E-state index contributed by atoms with van der Waals surface area (Å²) in [4.78, 5) is 46.6. The van der Waals surface area contributed by atoms with Gasteiger partial charge in [0, 0.05) is 30.5 Å². The first-order valence-corrected chi connectivity index (χ1v) is 11.0. The van der Waals surface area contributed by atoms with Gasteiger partial charge in [0.25, 0.3) is 11.5 Å². The summed E-state index contributed by atoms with van der Waals surface area (Å²) in [6.07, 6.45) is 3.33. The van der Waals surface area contributed by atoms with E-state index in [4.69, 9.17) is 16.2 Å². The molecule has 3 rings (SSSR count). The fraction of sp³-hybridized carbons (Fsp3) is 0.500. The normalized spacial score (nSPS) is 16.2. The summed E-state index contributed by atoms with van der Waals surface area (Å²) in [7, 11) is 0. The van der Waals surface area contributed by atoms with E-state index in [1.807, 2.05) is 32.6 Å². The molecule has 5 N–H and O–H groups in total. The molecule has 1 fully saturated rings. The number of nitrogens with zero attached hydrogens (tertiary/aromatic N) is 4. The highest BCUT2D eigenvalue weighted by atomic mass is 16.6. The smallest absolute Gasteiger partial charge is 0.404 e. The number of hydrogen-bond donors (Lipinski definition) is 3. The Hall–Kier alpha value is -3.63. The molecule has 0 bridgehead atoms. The maximum Gasteiger partial charge on any atom is 0.404 e. The van der Waals surface area contributed by atoms with Gasteiger partial charge in [0.1, 0.15) is 17.5 Å². The van der Waals surface area contributed by atoms with Gasteiger partial charge in [-0.2, -0.15) is 4.98 Å². The Morgan fingerprint density at radius 1 is 1.24 bits per heavy atom. The zero-order valence-corrected chi connectivity index (χ0v) is 19.4. The molecule has 1 aliphatic rings. The number of primary amides is 2. The summed E-state index contributed by atoms with van der Waals surface area (Å²) in [5, 5.41) is 3.15. The zero-order valence-electron chi connectivity index (χ0n) is 19.4. The van der Waals surface area contributed by atoms with Crippen LogP contribution in [0, 0.1) is 0 Å². The molecule has 1 atom stereocenters. The van der Waals surface area contributed by atoms with Crippen molar-refractivity contribution >= 4 is 29.5 Å². The van der Waals surface area contributed by atoms with Crippen LogP contribution in [0.3, 0.4) is 0 Å². The van der Waals surface area contributed by atoms with Crippen LogP contribution in [0.2, 0.25) is 0 Å². The molecule has 11 nitrogen and oxygen atoms in total. The Labute approximate surface area is 192 Å². The molecule has 0 radical (unpaired) electrons. The van der Waals surface area contributed by atoms with Crippen LogP contribution in [0.25, 0.3) is 0 Å². The molecule has 33 heavy (non-hydrogen) atoms. The number of aromatic nitrogens is 3. The minimum Gasteiger partial charge on any atom is -0.445 e. The monoisotopic (exact) mass is 457 g/mol. The highest BCUT2D eigenvalue weighted by Crippen LogP contribution is 2.25. The van der Waals surface area contributed by atoms with Gasteiger partial charge in [0.05, 0.1) is 12.2 Å². The van der Waals surface area contributed by atoms with Crippen molar-refractivity contribution < 1.29 is 14.3 Å². The summed E-state index contributed by atoms with van der Waals surface area (Å²) in [6, 6.07) is 1.71. The Morgan fingerprint density at radius 3 is 2.58 bits per heavy atom. The summed E-state index contributed by atoms with van der Waals surface area (Å²) < 4.78 is 6.77. The van der Waals surface area contributed by atoms with Crippen LogP contribution in [0.15, 0.2) is 23.3 Å². The van der Waals surface area contributed by atoms with Crippen molar-refractivity contribution in [1.82, 2.24) is 14.5 Å². The lowest BCUT2D eigenvalue weighted by Gasteiger charge is -2.32. The van der Waals surface area contributed by atoms with E-state index < -0.39 is 12.0 Å². The van der Waals surface area contributed by atoms with E-state index >= 15 is 0 Å². The minimum absolute atomic E-state index is 0.0105. The molecule has 0 aliphatic carbocycles. The van der Waals surface area contributed by atoms with Crippen LogP contribution in [0.4, 0.5) is 22.2 Å². The fourth-order valence-electron chi connectivity index (χ4n) is 3.81. The average Bonchev–Trinajstić information content (AvgIpc) is 2.74. The van der Waals surface area contributed by atoms with Crippen LogP contribution in [-0.4, -0.2) is 45.7 Å². The molecule has 3 heterocycles. The summed E-state index contributed by atoms with van der Waals surface area (Å²) in [5.74, 6) is -0.0779. The van der Waals surface area contributed by atoms with Crippen molar-refractivity contribution in [2.75, 3.05) is 23.3 Å². The molecule has 0 spiro atoms. The second kappa shape index (κ2) is 9.88. The van der Waals surface area contributed by atoms with Gasteiger partial charge in [0.2, 0.25) is 5.95 Å². The lowest BCUT2D eigenvalue weighted by molar-refractivity contribution is 0.0959. The minimum atomic E-state index is -0.824. The van der Waals surface area contributed by atoms with E-state index in [-0.39, 0.29) is 35.0 Å². The Kier molecular flexibility index (Phi) is 7.19. The number of ether oxygens (including phenoxy) is 1. The molecular weight excluding hydrogens is 426 g/mol. The number of anilines is 3. The van der Waals surface area contributed by atoms with Crippen molar-refractivity contribution in [1.29, 1.82) is 0 Å². The van der Waals surface area contributed by atoms with E-state index in [0.717, 1.165) is 6.42 Å². The van der Waals surface area contributed by atoms with Gasteiger partial charge in [-0.3, -0.25) is 9.59 Å². The van der Waals surface area contributed by atoms with E-state index in [1.165, 1.54) is 6.20 Å². The molecule has 1 unspecified atom stereocenters. The van der Waals surface area contributed by atoms with Crippen molar-refractivity contribution in [2.24, 2.45) is 11.5 Å². The Bertz CT molecular complexity index is 1060. The lowest BCUT2D eigenvalue weighted by atomic mass is 10.0. The van der Waals surface area contributed by atoms with Crippen LogP contribution in [-0.2, 0) is 4.74 Å². The van der Waals surface area contributed by atoms with Gasteiger partial charge in [-0.25, -0.2) is 9.78 Å². The van der Waals surface area contributed by atoms with Gasteiger partial charge in [0.15, 0.2) is 0 Å². The van der Waals surface area contributed by atoms with Gasteiger partial charge >= 0.3 is 6.09 Å². The number of hydrogen-bond acceptors (Lipinski definition) is 8. The highest BCUT2D eigenvalue weighted by molar-refractivity contribution is 5.98. The second-order valence-corrected chi connectivity index (χ2v) is 8.71. The standard InChI is InChI=1S/C22H31N7O4/c1-12(2)16-8-14(10-29(13(3)4)20(16)31)26-19-17(18(23)30)9-25-22(27-19)28-7-5-6-15(11-28)33-21(24)32/h8-10,12-13,15H,5-7,11H2,1-4H3,(H2,23,30)(H2,24,32)(H,25,26,27). The van der Waals surface area contributed by atoms with E-state index in [9.17, 15) is 14.4 Å². The number of nitrogens with one attached hydrogen (secondary N) is 1.